The second-order valence-corrected chi connectivity index (χ2v) is 7.55. The average Bonchev–Trinajstić information content (AvgIpc) is 2.75. The van der Waals surface area contributed by atoms with Crippen LogP contribution in [0.2, 0.25) is 0 Å². The van der Waals surface area contributed by atoms with Crippen molar-refractivity contribution in [2.24, 2.45) is 5.41 Å². The van der Waals surface area contributed by atoms with Gasteiger partial charge in [0.2, 0.25) is 15.9 Å². The van der Waals surface area contributed by atoms with Crippen molar-refractivity contribution in [3.8, 4) is 0 Å². The van der Waals surface area contributed by atoms with Gasteiger partial charge in [-0.05, 0) is 34.6 Å². The molecule has 23 heavy (non-hydrogen) atoms. The summed E-state index contributed by atoms with van der Waals surface area (Å²) in [6.45, 7) is 7.07. The summed E-state index contributed by atoms with van der Waals surface area (Å²) >= 11 is 0. The zero-order valence-electron chi connectivity index (χ0n) is 13.6. The fourth-order valence-corrected chi connectivity index (χ4v) is 3.27. The fourth-order valence-electron chi connectivity index (χ4n) is 1.74. The first kappa shape index (κ1) is 19.1. The third kappa shape index (κ3) is 4.52. The lowest BCUT2D eigenvalue weighted by atomic mass is 9.94. The second-order valence-electron chi connectivity index (χ2n) is 5.90. The predicted molar refractivity (Wildman–Crippen MR) is 80.2 cm³/mol. The summed E-state index contributed by atoms with van der Waals surface area (Å²) in [4.78, 5) is 22.8. The summed E-state index contributed by atoms with van der Waals surface area (Å²) < 4.78 is 31.6. The molecule has 0 radical (unpaired) electrons. The molecule has 130 valence electrons. The Kier molecular flexibility index (Phi) is 5.54. The molecule has 0 saturated heterocycles. The first-order valence-electron chi connectivity index (χ1n) is 6.85. The van der Waals surface area contributed by atoms with E-state index in [1.807, 2.05) is 0 Å². The number of carboxylic acid groups (broad SMARTS) is 1. The molecule has 1 heterocycles. The van der Waals surface area contributed by atoms with Gasteiger partial charge in [-0.1, -0.05) is 5.16 Å². The maximum atomic E-state index is 12.3. The number of rotatable bonds is 7. The number of nitrogens with zero attached hydrogens (tertiary/aromatic N) is 1. The highest BCUT2D eigenvalue weighted by atomic mass is 32.2. The van der Waals surface area contributed by atoms with Gasteiger partial charge in [-0.2, -0.15) is 4.72 Å². The quantitative estimate of drug-likeness (QED) is 0.639. The lowest BCUT2D eigenvalue weighted by molar-refractivity contribution is -0.146. The molecule has 3 N–H and O–H groups in total. The number of aromatic nitrogens is 1. The van der Waals surface area contributed by atoms with Crippen LogP contribution in [0.25, 0.3) is 0 Å². The summed E-state index contributed by atoms with van der Waals surface area (Å²) in [6.07, 6.45) is 0. The van der Waals surface area contributed by atoms with Gasteiger partial charge in [-0.3, -0.25) is 9.59 Å². The van der Waals surface area contributed by atoms with Crippen LogP contribution < -0.4 is 10.0 Å². The van der Waals surface area contributed by atoms with Crippen molar-refractivity contribution < 1.29 is 27.6 Å². The second kappa shape index (κ2) is 6.67. The number of aryl methyl sites for hydroxylation is 2. The van der Waals surface area contributed by atoms with E-state index >= 15 is 0 Å². The van der Waals surface area contributed by atoms with Gasteiger partial charge in [0.05, 0.1) is 11.5 Å². The zero-order valence-corrected chi connectivity index (χ0v) is 14.4. The summed E-state index contributed by atoms with van der Waals surface area (Å²) in [5, 5.41) is 15.0. The molecular weight excluding hydrogens is 326 g/mol. The molecule has 0 bridgehead atoms. The third-order valence-corrected chi connectivity index (χ3v) is 5.03. The lowest BCUT2D eigenvalue weighted by Crippen LogP contribution is -2.48. The molecule has 0 aliphatic carbocycles. The normalized spacial score (nSPS) is 13.6. The Morgan fingerprint density at radius 3 is 2.35 bits per heavy atom. The van der Waals surface area contributed by atoms with E-state index in [0.717, 1.165) is 0 Å². The van der Waals surface area contributed by atoms with Crippen molar-refractivity contribution in [3.05, 3.63) is 11.5 Å². The van der Waals surface area contributed by atoms with E-state index in [1.165, 1.54) is 34.6 Å². The molecule has 0 aliphatic rings. The Hall–Kier alpha value is -1.94. The predicted octanol–water partition coefficient (Wildman–Crippen LogP) is 0.185. The molecule has 1 unspecified atom stereocenters. The number of aliphatic carboxylic acids is 1. The van der Waals surface area contributed by atoms with E-state index in [-0.39, 0.29) is 22.9 Å². The van der Waals surface area contributed by atoms with Crippen LogP contribution in [-0.4, -0.2) is 43.1 Å². The molecule has 1 aromatic rings. The molecule has 0 spiro atoms. The van der Waals surface area contributed by atoms with E-state index < -0.39 is 33.4 Å². The Labute approximate surface area is 134 Å². The van der Waals surface area contributed by atoms with E-state index in [9.17, 15) is 18.0 Å². The summed E-state index contributed by atoms with van der Waals surface area (Å²) in [5.74, 6) is -1.58. The highest BCUT2D eigenvalue weighted by Gasteiger charge is 2.31. The van der Waals surface area contributed by atoms with Gasteiger partial charge in [-0.15, -0.1) is 0 Å². The van der Waals surface area contributed by atoms with Gasteiger partial charge in [0.25, 0.3) is 0 Å². The SMILES string of the molecule is Cc1noc(C)c1S(=O)(=O)NC(C)C(=O)NCC(C)(C)C(=O)O. The highest BCUT2D eigenvalue weighted by molar-refractivity contribution is 7.89. The van der Waals surface area contributed by atoms with Crippen LogP contribution in [0.15, 0.2) is 9.42 Å². The van der Waals surface area contributed by atoms with Gasteiger partial charge in [0, 0.05) is 6.54 Å². The number of amides is 1. The standard InChI is InChI=1S/C13H21N3O6S/c1-7-10(9(3)22-15-7)23(20,21)16-8(2)11(17)14-6-13(4,5)12(18)19/h8,16H,6H2,1-5H3,(H,14,17)(H,18,19). The molecule has 1 rings (SSSR count). The first-order chi connectivity index (χ1) is 10.4. The molecule has 0 aromatic carbocycles. The van der Waals surface area contributed by atoms with Crippen molar-refractivity contribution in [2.75, 3.05) is 6.54 Å². The summed E-state index contributed by atoms with van der Waals surface area (Å²) in [5.41, 5.74) is -0.967. The van der Waals surface area contributed by atoms with Gasteiger partial charge < -0.3 is 14.9 Å². The fraction of sp³-hybridized carbons (Fsp3) is 0.615. The van der Waals surface area contributed by atoms with Crippen LogP contribution in [0.1, 0.15) is 32.2 Å². The van der Waals surface area contributed by atoms with Gasteiger partial charge in [-0.25, -0.2) is 8.42 Å². The zero-order chi connectivity index (χ0) is 18.0. The number of hydrogen-bond donors (Lipinski definition) is 3. The van der Waals surface area contributed by atoms with Crippen molar-refractivity contribution in [1.29, 1.82) is 0 Å². The van der Waals surface area contributed by atoms with E-state index in [4.69, 9.17) is 9.63 Å². The lowest BCUT2D eigenvalue weighted by Gasteiger charge is -2.21. The van der Waals surface area contributed by atoms with E-state index in [0.29, 0.717) is 0 Å². The number of carboxylic acids is 1. The van der Waals surface area contributed by atoms with Crippen LogP contribution in [-0.2, 0) is 19.6 Å². The largest absolute Gasteiger partial charge is 0.481 e. The van der Waals surface area contributed by atoms with Crippen LogP contribution in [0.3, 0.4) is 0 Å². The van der Waals surface area contributed by atoms with Crippen LogP contribution in [0.5, 0.6) is 0 Å². The number of carbonyl (C=O) groups is 2. The summed E-state index contributed by atoms with van der Waals surface area (Å²) in [7, 11) is -3.98. The van der Waals surface area contributed by atoms with Crippen LogP contribution in [0.4, 0.5) is 0 Å². The monoisotopic (exact) mass is 347 g/mol. The molecular formula is C13H21N3O6S. The Morgan fingerprint density at radius 1 is 1.35 bits per heavy atom. The van der Waals surface area contributed by atoms with Crippen molar-refractivity contribution >= 4 is 21.9 Å². The van der Waals surface area contributed by atoms with Crippen LogP contribution >= 0.6 is 0 Å². The topological polar surface area (TPSA) is 139 Å². The van der Waals surface area contributed by atoms with Gasteiger partial charge in [0.1, 0.15) is 10.6 Å². The van der Waals surface area contributed by atoms with E-state index in [1.54, 1.807) is 0 Å². The van der Waals surface area contributed by atoms with Crippen molar-refractivity contribution in [2.45, 2.75) is 45.6 Å². The van der Waals surface area contributed by atoms with Gasteiger partial charge in [0.15, 0.2) is 5.76 Å². The molecule has 10 heteroatoms. The molecule has 9 nitrogen and oxygen atoms in total. The Bertz CT molecular complexity index is 688. The van der Waals surface area contributed by atoms with Crippen molar-refractivity contribution in [3.63, 3.8) is 0 Å². The van der Waals surface area contributed by atoms with Gasteiger partial charge >= 0.3 is 5.97 Å². The highest BCUT2D eigenvalue weighted by Crippen LogP contribution is 2.19. The minimum Gasteiger partial charge on any atom is -0.481 e. The maximum absolute atomic E-state index is 12.3. The number of hydrogen-bond acceptors (Lipinski definition) is 6. The third-order valence-electron chi connectivity index (χ3n) is 3.25. The molecule has 1 amide bonds. The molecule has 1 aromatic heterocycles. The van der Waals surface area contributed by atoms with Crippen LogP contribution in [0, 0.1) is 19.3 Å². The molecule has 0 fully saturated rings. The maximum Gasteiger partial charge on any atom is 0.310 e. The average molecular weight is 347 g/mol. The summed E-state index contributed by atoms with van der Waals surface area (Å²) in [6, 6.07) is -1.08. The molecule has 0 aliphatic heterocycles. The Morgan fingerprint density at radius 2 is 1.91 bits per heavy atom. The number of carbonyl (C=O) groups excluding carboxylic acids is 1. The van der Waals surface area contributed by atoms with E-state index in [2.05, 4.69) is 15.2 Å². The molecule has 1 atom stereocenters. The molecule has 0 saturated carbocycles. The minimum absolute atomic E-state index is 0.108. The number of sulfonamides is 1. The smallest absolute Gasteiger partial charge is 0.310 e. The minimum atomic E-state index is -3.98. The first-order valence-corrected chi connectivity index (χ1v) is 8.33. The van der Waals surface area contributed by atoms with Crippen molar-refractivity contribution in [1.82, 2.24) is 15.2 Å². The number of nitrogens with one attached hydrogen (secondary N) is 2. The Balaban J connectivity index is 2.78.